The minimum absolute atomic E-state index is 0. The van der Waals surface area contributed by atoms with E-state index in [2.05, 4.69) is 44.2 Å². The van der Waals surface area contributed by atoms with E-state index in [1.807, 2.05) is 12.1 Å². The first kappa shape index (κ1) is 17.7. The van der Waals surface area contributed by atoms with E-state index < -0.39 is 0 Å². The van der Waals surface area contributed by atoms with Crippen molar-refractivity contribution >= 4 is 57.5 Å². The maximum Gasteiger partial charge on any atom is 0.115 e. The van der Waals surface area contributed by atoms with Gasteiger partial charge in [0.25, 0.3) is 0 Å². The number of hydrogen-bond donors (Lipinski definition) is 1. The molecule has 0 spiro atoms. The van der Waals surface area contributed by atoms with E-state index in [0.29, 0.717) is 5.75 Å². The fourth-order valence-corrected chi connectivity index (χ4v) is 2.12. The smallest absolute Gasteiger partial charge is 0.115 e. The molecular formula is C18H20KO. The van der Waals surface area contributed by atoms with Crippen molar-refractivity contribution < 1.29 is 5.11 Å². The zero-order valence-corrected chi connectivity index (χ0v) is 15.7. The summed E-state index contributed by atoms with van der Waals surface area (Å²) in [4.78, 5) is 0. The summed E-state index contributed by atoms with van der Waals surface area (Å²) in [6.45, 7) is 4.28. The van der Waals surface area contributed by atoms with Gasteiger partial charge in [-0.2, -0.15) is 0 Å². The molecule has 0 aliphatic carbocycles. The predicted molar refractivity (Wildman–Crippen MR) is 87.0 cm³/mol. The van der Waals surface area contributed by atoms with Crippen LogP contribution in [0.3, 0.4) is 0 Å². The molecule has 0 bridgehead atoms. The number of phenols is 1. The largest absolute Gasteiger partial charge is 0.508 e. The first-order valence-corrected chi connectivity index (χ1v) is 6.65. The van der Waals surface area contributed by atoms with E-state index in [4.69, 9.17) is 0 Å². The molecule has 0 heterocycles. The molecule has 0 atom stereocenters. The maximum atomic E-state index is 9.24. The van der Waals surface area contributed by atoms with Crippen molar-refractivity contribution in [3.63, 3.8) is 0 Å². The molecule has 0 saturated heterocycles. The molecule has 20 heavy (non-hydrogen) atoms. The van der Waals surface area contributed by atoms with E-state index in [0.717, 1.165) is 12.8 Å². The van der Waals surface area contributed by atoms with Gasteiger partial charge < -0.3 is 5.11 Å². The van der Waals surface area contributed by atoms with Gasteiger partial charge in [-0.3, -0.25) is 0 Å². The third-order valence-corrected chi connectivity index (χ3v) is 3.20. The van der Waals surface area contributed by atoms with Gasteiger partial charge in [0.15, 0.2) is 0 Å². The van der Waals surface area contributed by atoms with Crippen LogP contribution in [-0.4, -0.2) is 56.5 Å². The fraction of sp³-hybridized carbons (Fsp3) is 0.222. The number of aromatic hydroxyl groups is 1. The second-order valence-corrected chi connectivity index (χ2v) is 5.07. The SMILES string of the molecule is CC(=Cc1cccc(C)c1)CCc1ccc(O)cc1.[K]. The van der Waals surface area contributed by atoms with E-state index >= 15 is 0 Å². The Bertz CT molecular complexity index is 570. The molecule has 0 aliphatic heterocycles. The van der Waals surface area contributed by atoms with E-state index in [1.54, 1.807) is 12.1 Å². The van der Waals surface area contributed by atoms with Crippen LogP contribution in [0.15, 0.2) is 54.1 Å². The molecule has 2 rings (SSSR count). The molecule has 2 aromatic rings. The van der Waals surface area contributed by atoms with Gasteiger partial charge in [0.1, 0.15) is 5.75 Å². The second-order valence-electron chi connectivity index (χ2n) is 5.07. The molecule has 99 valence electrons. The summed E-state index contributed by atoms with van der Waals surface area (Å²) in [6.07, 6.45) is 4.29. The second kappa shape index (κ2) is 8.80. The molecule has 0 aromatic heterocycles. The summed E-state index contributed by atoms with van der Waals surface area (Å²) in [5.41, 5.74) is 5.19. The van der Waals surface area contributed by atoms with E-state index in [-0.39, 0.29) is 51.4 Å². The van der Waals surface area contributed by atoms with Crippen LogP contribution in [0.4, 0.5) is 0 Å². The van der Waals surface area contributed by atoms with Crippen LogP contribution in [0.25, 0.3) is 6.08 Å². The normalized spacial score (nSPS) is 11.0. The van der Waals surface area contributed by atoms with Crippen molar-refractivity contribution in [2.24, 2.45) is 0 Å². The molecule has 1 nitrogen and oxygen atoms in total. The van der Waals surface area contributed by atoms with Gasteiger partial charge in [0.2, 0.25) is 0 Å². The quantitative estimate of drug-likeness (QED) is 0.830. The summed E-state index contributed by atoms with van der Waals surface area (Å²) in [7, 11) is 0. The number of rotatable bonds is 4. The van der Waals surface area contributed by atoms with Crippen LogP contribution in [0.5, 0.6) is 5.75 Å². The molecule has 0 fully saturated rings. The molecule has 0 aliphatic rings. The van der Waals surface area contributed by atoms with Crippen molar-refractivity contribution in [1.29, 1.82) is 0 Å². The fourth-order valence-electron chi connectivity index (χ4n) is 2.12. The topological polar surface area (TPSA) is 20.2 Å². The molecule has 2 heteroatoms. The minimum atomic E-state index is 0. The maximum absolute atomic E-state index is 9.24. The molecule has 0 unspecified atom stereocenters. The van der Waals surface area contributed by atoms with Crippen LogP contribution in [0.1, 0.15) is 30.0 Å². The molecule has 2 aromatic carbocycles. The van der Waals surface area contributed by atoms with Crippen molar-refractivity contribution in [2.75, 3.05) is 0 Å². The van der Waals surface area contributed by atoms with Crippen LogP contribution in [0.2, 0.25) is 0 Å². The summed E-state index contributed by atoms with van der Waals surface area (Å²) < 4.78 is 0. The summed E-state index contributed by atoms with van der Waals surface area (Å²) in [6, 6.07) is 16.0. The van der Waals surface area contributed by atoms with Crippen molar-refractivity contribution in [3.05, 3.63) is 70.8 Å². The predicted octanol–water partition coefficient (Wildman–Crippen LogP) is 4.36. The Morgan fingerprint density at radius 3 is 2.45 bits per heavy atom. The minimum Gasteiger partial charge on any atom is -0.508 e. The van der Waals surface area contributed by atoms with E-state index in [9.17, 15) is 5.11 Å². The Morgan fingerprint density at radius 1 is 1.10 bits per heavy atom. The number of aryl methyl sites for hydroxylation is 2. The van der Waals surface area contributed by atoms with Crippen LogP contribution < -0.4 is 0 Å². The monoisotopic (exact) mass is 291 g/mol. The number of benzene rings is 2. The Hall–Kier alpha value is -0.384. The van der Waals surface area contributed by atoms with E-state index in [1.165, 1.54) is 22.3 Å². The zero-order valence-electron chi connectivity index (χ0n) is 12.6. The van der Waals surface area contributed by atoms with Gasteiger partial charge >= 0.3 is 0 Å². The van der Waals surface area contributed by atoms with Crippen LogP contribution >= 0.6 is 0 Å². The van der Waals surface area contributed by atoms with Crippen LogP contribution in [-0.2, 0) is 6.42 Å². The first-order valence-electron chi connectivity index (χ1n) is 6.65. The molecular weight excluding hydrogens is 271 g/mol. The standard InChI is InChI=1S/C18H20O.K/c1-14-4-3-5-17(12-14)13-15(2)6-7-16-8-10-18(19)11-9-16;/h3-5,8-13,19H,6-7H2,1-2H3;. The summed E-state index contributed by atoms with van der Waals surface area (Å²) >= 11 is 0. The first-order chi connectivity index (χ1) is 9.13. The van der Waals surface area contributed by atoms with Crippen molar-refractivity contribution in [1.82, 2.24) is 0 Å². The Morgan fingerprint density at radius 2 is 1.80 bits per heavy atom. The number of hydrogen-bond acceptors (Lipinski definition) is 1. The molecule has 1 radical (unpaired) electrons. The summed E-state index contributed by atoms with van der Waals surface area (Å²) in [5, 5.41) is 9.24. The van der Waals surface area contributed by atoms with Gasteiger partial charge in [-0.1, -0.05) is 53.6 Å². The Kier molecular flexibility index (Phi) is 7.78. The zero-order chi connectivity index (χ0) is 13.7. The third kappa shape index (κ3) is 5.94. The third-order valence-electron chi connectivity index (χ3n) is 3.20. The van der Waals surface area contributed by atoms with Gasteiger partial charge in [-0.15, -0.1) is 0 Å². The van der Waals surface area contributed by atoms with Gasteiger partial charge in [0, 0.05) is 51.4 Å². The van der Waals surface area contributed by atoms with Crippen LogP contribution in [0, 0.1) is 6.92 Å². The van der Waals surface area contributed by atoms with Crippen molar-refractivity contribution in [3.8, 4) is 5.75 Å². The number of allylic oxidation sites excluding steroid dienone is 1. The number of phenolic OH excluding ortho intramolecular Hbond substituents is 1. The average molecular weight is 291 g/mol. The Balaban J connectivity index is 0.00000200. The summed E-state index contributed by atoms with van der Waals surface area (Å²) in [5.74, 6) is 0.329. The van der Waals surface area contributed by atoms with Gasteiger partial charge in [-0.25, -0.2) is 0 Å². The van der Waals surface area contributed by atoms with Crippen molar-refractivity contribution in [2.45, 2.75) is 26.7 Å². The van der Waals surface area contributed by atoms with Gasteiger partial charge in [-0.05, 0) is 49.9 Å². The Labute approximate surface area is 164 Å². The average Bonchev–Trinajstić information content (AvgIpc) is 2.38. The molecule has 0 amide bonds. The van der Waals surface area contributed by atoms with Gasteiger partial charge in [0.05, 0.1) is 0 Å². The molecule has 0 saturated carbocycles. The molecule has 1 N–H and O–H groups in total.